The van der Waals surface area contributed by atoms with Crippen LogP contribution in [0.5, 0.6) is 0 Å². The molecule has 1 saturated carbocycles. The van der Waals surface area contributed by atoms with Crippen molar-refractivity contribution in [3.63, 3.8) is 0 Å². The molecular formula is C13H18N2O4S. The molecule has 0 unspecified atom stereocenters. The average Bonchev–Trinajstić information content (AvgIpc) is 3.06. The number of carbonyl (C=O) groups is 1. The second kappa shape index (κ2) is 4.75. The summed E-state index contributed by atoms with van der Waals surface area (Å²) < 4.78 is 25.1. The third kappa shape index (κ3) is 2.78. The first-order chi connectivity index (χ1) is 9.16. The van der Waals surface area contributed by atoms with E-state index < -0.39 is 16.0 Å². The van der Waals surface area contributed by atoms with Crippen molar-refractivity contribution in [3.8, 4) is 0 Å². The van der Waals surface area contributed by atoms with Gasteiger partial charge in [-0.2, -0.15) is 0 Å². The van der Waals surface area contributed by atoms with Gasteiger partial charge in [0.15, 0.2) is 0 Å². The Balaban J connectivity index is 2.45. The molecule has 0 heterocycles. The van der Waals surface area contributed by atoms with E-state index in [1.807, 2.05) is 6.92 Å². The molecule has 0 spiro atoms. The van der Waals surface area contributed by atoms with Crippen molar-refractivity contribution >= 4 is 21.7 Å². The number of nitrogens with zero attached hydrogens (tertiary/aromatic N) is 1. The zero-order valence-electron chi connectivity index (χ0n) is 11.7. The molecule has 1 aromatic rings. The molecule has 2 N–H and O–H groups in total. The van der Waals surface area contributed by atoms with Gasteiger partial charge in [-0.1, -0.05) is 0 Å². The first kappa shape index (κ1) is 14.8. The Hall–Kier alpha value is -1.60. The molecule has 0 atom stereocenters. The Bertz CT molecular complexity index is 648. The standard InChI is InChI=1S/C13H18N2O4S/c1-13(6-7-13)14-11-5-4-9(8-10(11)12(16)17)20(18,19)15(2)3/h4-5,8,14H,6-7H2,1-3H3,(H,16,17). The Kier molecular flexibility index (Phi) is 3.51. The van der Waals surface area contributed by atoms with Gasteiger partial charge in [0.1, 0.15) is 0 Å². The fourth-order valence-corrected chi connectivity index (χ4v) is 2.75. The second-order valence-corrected chi connectivity index (χ2v) is 7.64. The SMILES string of the molecule is CN(C)S(=O)(=O)c1ccc(NC2(C)CC2)c(C(=O)O)c1. The van der Waals surface area contributed by atoms with E-state index in [2.05, 4.69) is 5.32 Å². The molecule has 0 aromatic heterocycles. The number of hydrogen-bond donors (Lipinski definition) is 2. The van der Waals surface area contributed by atoms with Crippen molar-refractivity contribution in [2.75, 3.05) is 19.4 Å². The van der Waals surface area contributed by atoms with Gasteiger partial charge >= 0.3 is 5.97 Å². The summed E-state index contributed by atoms with van der Waals surface area (Å²) in [5, 5.41) is 12.4. The van der Waals surface area contributed by atoms with Crippen molar-refractivity contribution in [2.45, 2.75) is 30.2 Å². The number of sulfonamides is 1. The van der Waals surface area contributed by atoms with Crippen molar-refractivity contribution in [2.24, 2.45) is 0 Å². The summed E-state index contributed by atoms with van der Waals surface area (Å²) in [7, 11) is -0.816. The van der Waals surface area contributed by atoms with E-state index in [1.54, 1.807) is 0 Å². The summed E-state index contributed by atoms with van der Waals surface area (Å²) in [6.07, 6.45) is 1.95. The van der Waals surface area contributed by atoms with Crippen LogP contribution >= 0.6 is 0 Å². The van der Waals surface area contributed by atoms with Gasteiger partial charge in [-0.05, 0) is 38.0 Å². The van der Waals surface area contributed by atoms with Gasteiger partial charge in [-0.25, -0.2) is 17.5 Å². The minimum absolute atomic E-state index is 0.0219. The number of benzene rings is 1. The zero-order valence-corrected chi connectivity index (χ0v) is 12.5. The van der Waals surface area contributed by atoms with E-state index in [4.69, 9.17) is 0 Å². The molecule has 0 saturated heterocycles. The van der Waals surface area contributed by atoms with Gasteiger partial charge in [0.2, 0.25) is 10.0 Å². The molecule has 1 fully saturated rings. The van der Waals surface area contributed by atoms with E-state index >= 15 is 0 Å². The topological polar surface area (TPSA) is 86.7 Å². The molecule has 1 aliphatic rings. The van der Waals surface area contributed by atoms with Gasteiger partial charge in [-0.15, -0.1) is 0 Å². The van der Waals surface area contributed by atoms with Crippen LogP contribution < -0.4 is 5.32 Å². The highest BCUT2D eigenvalue weighted by atomic mass is 32.2. The monoisotopic (exact) mass is 298 g/mol. The number of carboxylic acid groups (broad SMARTS) is 1. The molecule has 7 heteroatoms. The predicted molar refractivity (Wildman–Crippen MR) is 75.5 cm³/mol. The van der Waals surface area contributed by atoms with Crippen LogP contribution in [0.2, 0.25) is 0 Å². The van der Waals surface area contributed by atoms with E-state index in [0.29, 0.717) is 5.69 Å². The van der Waals surface area contributed by atoms with E-state index in [9.17, 15) is 18.3 Å². The molecular weight excluding hydrogens is 280 g/mol. The smallest absolute Gasteiger partial charge is 0.337 e. The first-order valence-electron chi connectivity index (χ1n) is 6.24. The summed E-state index contributed by atoms with van der Waals surface area (Å²) >= 11 is 0. The highest BCUT2D eigenvalue weighted by molar-refractivity contribution is 7.89. The maximum absolute atomic E-state index is 12.0. The average molecular weight is 298 g/mol. The lowest BCUT2D eigenvalue weighted by atomic mass is 10.1. The molecule has 0 amide bonds. The van der Waals surface area contributed by atoms with E-state index in [0.717, 1.165) is 17.1 Å². The molecule has 20 heavy (non-hydrogen) atoms. The summed E-state index contributed by atoms with van der Waals surface area (Å²) in [6.45, 7) is 2.00. The van der Waals surface area contributed by atoms with E-state index in [-0.39, 0.29) is 16.0 Å². The lowest BCUT2D eigenvalue weighted by Crippen LogP contribution is -2.23. The number of hydrogen-bond acceptors (Lipinski definition) is 4. The zero-order chi connectivity index (χ0) is 15.1. The van der Waals surface area contributed by atoms with Crippen LogP contribution in [0, 0.1) is 0 Å². The first-order valence-corrected chi connectivity index (χ1v) is 7.68. The lowest BCUT2D eigenvalue weighted by molar-refractivity contribution is 0.0697. The second-order valence-electron chi connectivity index (χ2n) is 5.49. The Morgan fingerprint density at radius 1 is 1.35 bits per heavy atom. The Labute approximate surface area is 118 Å². The van der Waals surface area contributed by atoms with Crippen molar-refractivity contribution in [3.05, 3.63) is 23.8 Å². The van der Waals surface area contributed by atoms with Crippen LogP contribution in [-0.2, 0) is 10.0 Å². The Morgan fingerprint density at radius 2 is 1.95 bits per heavy atom. The Morgan fingerprint density at radius 3 is 2.40 bits per heavy atom. The summed E-state index contributed by atoms with van der Waals surface area (Å²) in [4.78, 5) is 11.3. The summed E-state index contributed by atoms with van der Waals surface area (Å²) in [5.74, 6) is -1.15. The van der Waals surface area contributed by atoms with Crippen LogP contribution in [0.3, 0.4) is 0 Å². The number of rotatable bonds is 5. The maximum Gasteiger partial charge on any atom is 0.337 e. The molecule has 1 aromatic carbocycles. The van der Waals surface area contributed by atoms with Crippen LogP contribution in [0.1, 0.15) is 30.1 Å². The van der Waals surface area contributed by atoms with E-state index in [1.165, 1.54) is 32.3 Å². The minimum atomic E-state index is -3.64. The highest BCUT2D eigenvalue weighted by Gasteiger charge is 2.38. The quantitative estimate of drug-likeness (QED) is 0.862. The molecule has 0 bridgehead atoms. The molecule has 2 rings (SSSR count). The van der Waals surface area contributed by atoms with Gasteiger partial charge in [0.05, 0.1) is 10.5 Å². The maximum atomic E-state index is 12.0. The highest BCUT2D eigenvalue weighted by Crippen LogP contribution is 2.39. The normalized spacial score (nSPS) is 17.0. The molecule has 0 aliphatic heterocycles. The van der Waals surface area contributed by atoms with Crippen LogP contribution in [0.15, 0.2) is 23.1 Å². The van der Waals surface area contributed by atoms with Crippen molar-refractivity contribution < 1.29 is 18.3 Å². The molecule has 110 valence electrons. The van der Waals surface area contributed by atoms with Gasteiger partial charge in [0, 0.05) is 25.3 Å². The number of nitrogens with one attached hydrogen (secondary N) is 1. The van der Waals surface area contributed by atoms with Gasteiger partial charge in [-0.3, -0.25) is 0 Å². The third-order valence-corrected chi connectivity index (χ3v) is 5.25. The predicted octanol–water partition coefficient (Wildman–Crippen LogP) is 1.60. The van der Waals surface area contributed by atoms with Crippen LogP contribution in [0.25, 0.3) is 0 Å². The summed E-state index contributed by atoms with van der Waals surface area (Å²) in [5.41, 5.74) is 0.350. The van der Waals surface area contributed by atoms with Crippen molar-refractivity contribution in [1.29, 1.82) is 0 Å². The van der Waals surface area contributed by atoms with Gasteiger partial charge < -0.3 is 10.4 Å². The fourth-order valence-electron chi connectivity index (χ4n) is 1.82. The fraction of sp³-hybridized carbons (Fsp3) is 0.462. The largest absolute Gasteiger partial charge is 0.478 e. The molecule has 6 nitrogen and oxygen atoms in total. The minimum Gasteiger partial charge on any atom is -0.478 e. The van der Waals surface area contributed by atoms with Crippen LogP contribution in [0.4, 0.5) is 5.69 Å². The van der Waals surface area contributed by atoms with Gasteiger partial charge in [0.25, 0.3) is 0 Å². The number of anilines is 1. The lowest BCUT2D eigenvalue weighted by Gasteiger charge is -2.17. The molecule has 1 aliphatic carbocycles. The number of carboxylic acids is 1. The number of aromatic carboxylic acids is 1. The molecule has 0 radical (unpaired) electrons. The van der Waals surface area contributed by atoms with Crippen molar-refractivity contribution in [1.82, 2.24) is 4.31 Å². The van der Waals surface area contributed by atoms with Crippen LogP contribution in [-0.4, -0.2) is 43.4 Å². The summed E-state index contributed by atoms with van der Waals surface area (Å²) in [6, 6.07) is 4.14. The third-order valence-electron chi connectivity index (χ3n) is 3.44.